The fraction of sp³-hybridized carbons (Fsp3) is 0.600. The fourth-order valence-corrected chi connectivity index (χ4v) is 2.47. The van der Waals surface area contributed by atoms with Crippen molar-refractivity contribution in [2.45, 2.75) is 39.2 Å². The lowest BCUT2D eigenvalue weighted by Crippen LogP contribution is -2.34. The number of rotatable bonds is 8. The second-order valence-corrected chi connectivity index (χ2v) is 6.36. The Balaban J connectivity index is 0.00000400. The minimum absolute atomic E-state index is 0. The molecule has 1 aromatic rings. The predicted octanol–water partition coefficient (Wildman–Crippen LogP) is 2.96. The maximum atomic E-state index is 11.9. The number of halogens is 1. The molecular weight excluding hydrogens is 308 g/mol. The van der Waals surface area contributed by atoms with Crippen LogP contribution >= 0.6 is 23.7 Å². The third kappa shape index (κ3) is 7.07. The zero-order valence-corrected chi connectivity index (χ0v) is 14.5. The number of amides is 1. The Morgan fingerprint density at radius 2 is 2.00 bits per heavy atom. The number of carbonyl (C=O) groups excluding carboxylic acids is 2. The minimum atomic E-state index is 0. The molecule has 0 spiro atoms. The van der Waals surface area contributed by atoms with E-state index in [0.29, 0.717) is 12.5 Å². The largest absolute Gasteiger partial charge is 0.346 e. The van der Waals surface area contributed by atoms with Gasteiger partial charge in [0, 0.05) is 32.5 Å². The van der Waals surface area contributed by atoms with Crippen LogP contribution < -0.4 is 5.73 Å². The first kappa shape index (κ1) is 20.1. The summed E-state index contributed by atoms with van der Waals surface area (Å²) < 4.78 is 0. The van der Waals surface area contributed by atoms with Crippen molar-refractivity contribution >= 4 is 35.4 Å². The quantitative estimate of drug-likeness (QED) is 0.744. The summed E-state index contributed by atoms with van der Waals surface area (Å²) in [6.07, 6.45) is 1.34. The third-order valence-electron chi connectivity index (χ3n) is 3.44. The topological polar surface area (TPSA) is 63.4 Å². The molecule has 0 aliphatic rings. The van der Waals surface area contributed by atoms with Gasteiger partial charge >= 0.3 is 0 Å². The van der Waals surface area contributed by atoms with Crippen LogP contribution in [0.1, 0.15) is 42.8 Å². The predicted molar refractivity (Wildman–Crippen MR) is 90.2 cm³/mol. The summed E-state index contributed by atoms with van der Waals surface area (Å²) in [6, 6.07) is 3.75. The van der Waals surface area contributed by atoms with Gasteiger partial charge in [-0.3, -0.25) is 9.59 Å². The van der Waals surface area contributed by atoms with Gasteiger partial charge in [-0.25, -0.2) is 0 Å². The highest BCUT2D eigenvalue weighted by Gasteiger charge is 2.15. The van der Waals surface area contributed by atoms with Crippen molar-refractivity contribution in [2.75, 3.05) is 13.6 Å². The molecule has 0 fully saturated rings. The molecule has 0 saturated carbocycles. The Hall–Kier alpha value is -0.910. The molecule has 2 N–H and O–H groups in total. The molecule has 0 aliphatic carbocycles. The first-order chi connectivity index (χ1) is 9.41. The van der Waals surface area contributed by atoms with E-state index >= 15 is 0 Å². The molecule has 0 aliphatic heterocycles. The van der Waals surface area contributed by atoms with E-state index in [1.165, 1.54) is 11.3 Å². The lowest BCUT2D eigenvalue weighted by Gasteiger charge is -2.21. The highest BCUT2D eigenvalue weighted by atomic mass is 35.5. The van der Waals surface area contributed by atoms with Crippen molar-refractivity contribution in [1.82, 2.24) is 4.90 Å². The van der Waals surface area contributed by atoms with Crippen molar-refractivity contribution < 1.29 is 9.59 Å². The second-order valence-electron chi connectivity index (χ2n) is 5.41. The van der Waals surface area contributed by atoms with Gasteiger partial charge in [0.1, 0.15) is 0 Å². The summed E-state index contributed by atoms with van der Waals surface area (Å²) in [5, 5.41) is 1.87. The monoisotopic (exact) mass is 332 g/mol. The lowest BCUT2D eigenvalue weighted by atomic mass is 10.0. The highest BCUT2D eigenvalue weighted by Crippen LogP contribution is 2.13. The average Bonchev–Trinajstić information content (AvgIpc) is 2.95. The SMILES string of the molecule is CC(C)C(N)CCN(C)C(=O)CCC(=O)c1cccs1.Cl. The van der Waals surface area contributed by atoms with E-state index in [0.717, 1.165) is 11.3 Å². The Morgan fingerprint density at radius 1 is 1.33 bits per heavy atom. The Bertz CT molecular complexity index is 435. The third-order valence-corrected chi connectivity index (χ3v) is 4.35. The van der Waals surface area contributed by atoms with Crippen LogP contribution in [0, 0.1) is 5.92 Å². The van der Waals surface area contributed by atoms with Crippen molar-refractivity contribution in [3.05, 3.63) is 22.4 Å². The zero-order chi connectivity index (χ0) is 15.1. The lowest BCUT2D eigenvalue weighted by molar-refractivity contribution is -0.129. The van der Waals surface area contributed by atoms with Crippen molar-refractivity contribution in [1.29, 1.82) is 0 Å². The molecule has 4 nitrogen and oxygen atoms in total. The standard InChI is InChI=1S/C15H24N2O2S.ClH/c1-11(2)12(16)8-9-17(3)15(19)7-6-13(18)14-5-4-10-20-14;/h4-5,10-12H,6-9,16H2,1-3H3;1H. The maximum Gasteiger partial charge on any atom is 0.222 e. The molecule has 1 atom stereocenters. The molecule has 21 heavy (non-hydrogen) atoms. The summed E-state index contributed by atoms with van der Waals surface area (Å²) in [5.41, 5.74) is 5.96. The summed E-state index contributed by atoms with van der Waals surface area (Å²) in [7, 11) is 1.77. The van der Waals surface area contributed by atoms with Crippen LogP contribution in [-0.2, 0) is 4.79 Å². The van der Waals surface area contributed by atoms with Gasteiger partial charge in [-0.15, -0.1) is 23.7 Å². The van der Waals surface area contributed by atoms with Gasteiger partial charge < -0.3 is 10.6 Å². The van der Waals surface area contributed by atoms with Crippen molar-refractivity contribution in [3.8, 4) is 0 Å². The average molecular weight is 333 g/mol. The van der Waals surface area contributed by atoms with Crippen molar-refractivity contribution in [2.24, 2.45) is 11.7 Å². The van der Waals surface area contributed by atoms with Gasteiger partial charge in [-0.2, -0.15) is 0 Å². The summed E-state index contributed by atoms with van der Waals surface area (Å²) in [6.45, 7) is 4.80. The van der Waals surface area contributed by atoms with Gasteiger partial charge in [0.15, 0.2) is 5.78 Å². The van der Waals surface area contributed by atoms with E-state index in [9.17, 15) is 9.59 Å². The number of nitrogens with zero attached hydrogens (tertiary/aromatic N) is 1. The molecule has 120 valence electrons. The molecule has 1 rings (SSSR count). The van der Waals surface area contributed by atoms with Crippen LogP contribution in [0.25, 0.3) is 0 Å². The van der Waals surface area contributed by atoms with Gasteiger partial charge in [0.2, 0.25) is 5.91 Å². The van der Waals surface area contributed by atoms with E-state index < -0.39 is 0 Å². The molecule has 1 amide bonds. The number of carbonyl (C=O) groups is 2. The molecule has 0 saturated heterocycles. The smallest absolute Gasteiger partial charge is 0.222 e. The number of thiophene rings is 1. The van der Waals surface area contributed by atoms with Gasteiger partial charge in [-0.1, -0.05) is 19.9 Å². The van der Waals surface area contributed by atoms with Crippen LogP contribution in [0.15, 0.2) is 17.5 Å². The Morgan fingerprint density at radius 3 is 2.52 bits per heavy atom. The highest BCUT2D eigenvalue weighted by molar-refractivity contribution is 7.12. The fourth-order valence-electron chi connectivity index (χ4n) is 1.77. The molecule has 6 heteroatoms. The van der Waals surface area contributed by atoms with E-state index in [-0.39, 0.29) is 43.0 Å². The number of nitrogens with two attached hydrogens (primary N) is 1. The normalized spacial score (nSPS) is 11.9. The number of hydrogen-bond donors (Lipinski definition) is 1. The number of ketones is 1. The molecule has 1 unspecified atom stereocenters. The van der Waals surface area contributed by atoms with Gasteiger partial charge in [0.05, 0.1) is 4.88 Å². The first-order valence-corrected chi connectivity index (χ1v) is 7.86. The van der Waals surface area contributed by atoms with Crippen LogP contribution in [-0.4, -0.2) is 36.2 Å². The van der Waals surface area contributed by atoms with Crippen LogP contribution in [0.2, 0.25) is 0 Å². The summed E-state index contributed by atoms with van der Waals surface area (Å²) >= 11 is 1.42. The summed E-state index contributed by atoms with van der Waals surface area (Å²) in [4.78, 5) is 26.1. The molecule has 0 bridgehead atoms. The van der Waals surface area contributed by atoms with Crippen LogP contribution in [0.3, 0.4) is 0 Å². The Kier molecular flexibility index (Phi) is 9.49. The van der Waals surface area contributed by atoms with Gasteiger partial charge in [0.25, 0.3) is 0 Å². The maximum absolute atomic E-state index is 11.9. The number of Topliss-reactive ketones (excluding diaryl/α,β-unsaturated/α-hetero) is 1. The van der Waals surface area contributed by atoms with Gasteiger partial charge in [-0.05, 0) is 23.8 Å². The van der Waals surface area contributed by atoms with Crippen LogP contribution in [0.5, 0.6) is 0 Å². The van der Waals surface area contributed by atoms with Crippen molar-refractivity contribution in [3.63, 3.8) is 0 Å². The molecule has 1 heterocycles. The number of hydrogen-bond acceptors (Lipinski definition) is 4. The molecule has 1 aromatic heterocycles. The Labute approximate surface area is 137 Å². The van der Waals surface area contributed by atoms with E-state index in [1.54, 1.807) is 18.0 Å². The van der Waals surface area contributed by atoms with Crippen LogP contribution in [0.4, 0.5) is 0 Å². The van der Waals surface area contributed by atoms with E-state index in [2.05, 4.69) is 13.8 Å². The second kappa shape index (κ2) is 9.92. The molecule has 0 aromatic carbocycles. The molecule has 0 radical (unpaired) electrons. The van der Waals surface area contributed by atoms with E-state index in [1.807, 2.05) is 11.4 Å². The summed E-state index contributed by atoms with van der Waals surface area (Å²) in [5.74, 6) is 0.463. The van der Waals surface area contributed by atoms with E-state index in [4.69, 9.17) is 5.73 Å². The zero-order valence-electron chi connectivity index (χ0n) is 12.9. The minimum Gasteiger partial charge on any atom is -0.346 e. The first-order valence-electron chi connectivity index (χ1n) is 6.98. The molecular formula is C15H25ClN2O2S.